The Hall–Kier alpha value is -3.24. The fraction of sp³-hybridized carbons (Fsp3) is 0.348. The Labute approximate surface area is 198 Å². The number of carbonyl (C=O) groups excluding carboxylic acids is 1. The molecule has 0 saturated heterocycles. The van der Waals surface area contributed by atoms with Crippen molar-refractivity contribution in [1.82, 2.24) is 25.0 Å². The summed E-state index contributed by atoms with van der Waals surface area (Å²) in [6.07, 6.45) is 0. The highest BCUT2D eigenvalue weighted by atomic mass is 32.2. The molecule has 0 saturated carbocycles. The van der Waals surface area contributed by atoms with Crippen LogP contribution in [0.25, 0.3) is 5.69 Å². The molecule has 0 aliphatic heterocycles. The van der Waals surface area contributed by atoms with Crippen LogP contribution in [0.2, 0.25) is 0 Å². The van der Waals surface area contributed by atoms with Crippen LogP contribution in [0.4, 0.5) is 0 Å². The predicted molar refractivity (Wildman–Crippen MR) is 128 cm³/mol. The van der Waals surface area contributed by atoms with Crippen LogP contribution in [0, 0.1) is 0 Å². The molecule has 9 nitrogen and oxygen atoms in total. The predicted octanol–water partition coefficient (Wildman–Crippen LogP) is 2.88. The molecule has 1 aromatic heterocycles. The van der Waals surface area contributed by atoms with Gasteiger partial charge in [0.2, 0.25) is 0 Å². The van der Waals surface area contributed by atoms with Crippen LogP contribution in [0.1, 0.15) is 16.2 Å². The monoisotopic (exact) mass is 471 g/mol. The van der Waals surface area contributed by atoms with Gasteiger partial charge in [0.15, 0.2) is 22.5 Å². The van der Waals surface area contributed by atoms with E-state index in [4.69, 9.17) is 14.2 Å². The Bertz CT molecular complexity index is 1090. The van der Waals surface area contributed by atoms with Gasteiger partial charge in [0.1, 0.15) is 5.75 Å². The number of ether oxygens (including phenoxy) is 3. The van der Waals surface area contributed by atoms with Crippen molar-refractivity contribution >= 4 is 17.7 Å². The van der Waals surface area contributed by atoms with Crippen molar-refractivity contribution in [3.8, 4) is 22.9 Å². The van der Waals surface area contributed by atoms with Crippen LogP contribution in [0.15, 0.2) is 47.6 Å². The van der Waals surface area contributed by atoms with Gasteiger partial charge in [-0.1, -0.05) is 23.9 Å². The van der Waals surface area contributed by atoms with Crippen LogP contribution >= 0.6 is 11.8 Å². The van der Waals surface area contributed by atoms with Crippen molar-refractivity contribution in [3.63, 3.8) is 0 Å². The highest BCUT2D eigenvalue weighted by Crippen LogP contribution is 2.30. The number of para-hydroxylation sites is 1. The van der Waals surface area contributed by atoms with E-state index in [-0.39, 0.29) is 12.5 Å². The van der Waals surface area contributed by atoms with Crippen molar-refractivity contribution in [1.29, 1.82) is 0 Å². The number of rotatable bonds is 11. The maximum atomic E-state index is 12.9. The van der Waals surface area contributed by atoms with Crippen LogP contribution in [0.5, 0.6) is 17.2 Å². The van der Waals surface area contributed by atoms with E-state index in [0.29, 0.717) is 22.9 Å². The summed E-state index contributed by atoms with van der Waals surface area (Å²) in [5.74, 6) is 2.75. The smallest absolute Gasteiger partial charge is 0.255 e. The first-order valence-corrected chi connectivity index (χ1v) is 11.3. The number of nitrogens with one attached hydrogen (secondary N) is 1. The summed E-state index contributed by atoms with van der Waals surface area (Å²) in [7, 11) is 8.72. The lowest BCUT2D eigenvalue weighted by Gasteiger charge is -2.14. The van der Waals surface area contributed by atoms with Gasteiger partial charge in [-0.25, -0.2) is 0 Å². The number of benzene rings is 2. The molecule has 0 aliphatic rings. The maximum Gasteiger partial charge on any atom is 0.255 e. The maximum absolute atomic E-state index is 12.9. The zero-order valence-electron chi connectivity index (χ0n) is 19.5. The van der Waals surface area contributed by atoms with Gasteiger partial charge in [0, 0.05) is 18.4 Å². The van der Waals surface area contributed by atoms with Gasteiger partial charge < -0.3 is 24.4 Å². The van der Waals surface area contributed by atoms with Crippen molar-refractivity contribution in [3.05, 3.63) is 53.9 Å². The number of carbonyl (C=O) groups is 1. The SMILES string of the molecule is COc1cccc(-n2c(CNC(=O)c3cccc(OC)c3OC)nnc2SCCN(C)C)c1. The first-order chi connectivity index (χ1) is 16.0. The van der Waals surface area contributed by atoms with Gasteiger partial charge >= 0.3 is 0 Å². The molecule has 1 amide bonds. The molecule has 33 heavy (non-hydrogen) atoms. The molecule has 0 unspecified atom stereocenters. The normalized spacial score (nSPS) is 10.8. The van der Waals surface area contributed by atoms with E-state index >= 15 is 0 Å². The Balaban J connectivity index is 1.87. The van der Waals surface area contributed by atoms with Crippen molar-refractivity contribution < 1.29 is 19.0 Å². The summed E-state index contributed by atoms with van der Waals surface area (Å²) in [5, 5.41) is 12.4. The number of aromatic nitrogens is 3. The average Bonchev–Trinajstić information content (AvgIpc) is 3.24. The molecule has 0 spiro atoms. The Morgan fingerprint density at radius 1 is 1.06 bits per heavy atom. The number of nitrogens with zero attached hydrogens (tertiary/aromatic N) is 4. The second kappa shape index (κ2) is 11.6. The molecule has 1 heterocycles. The number of thioether (sulfide) groups is 1. The molecule has 0 bridgehead atoms. The van der Waals surface area contributed by atoms with Crippen molar-refractivity contribution in [2.45, 2.75) is 11.7 Å². The minimum absolute atomic E-state index is 0.178. The number of hydrogen-bond acceptors (Lipinski definition) is 8. The topological polar surface area (TPSA) is 90.7 Å². The van der Waals surface area contributed by atoms with Crippen molar-refractivity contribution in [2.75, 3.05) is 47.7 Å². The minimum Gasteiger partial charge on any atom is -0.497 e. The van der Waals surface area contributed by atoms with E-state index < -0.39 is 0 Å². The van der Waals surface area contributed by atoms with Crippen LogP contribution in [0.3, 0.4) is 0 Å². The number of hydrogen-bond donors (Lipinski definition) is 1. The van der Waals surface area contributed by atoms with E-state index in [2.05, 4.69) is 20.4 Å². The molecule has 0 aliphatic carbocycles. The molecular formula is C23H29N5O4S. The molecule has 0 radical (unpaired) electrons. The van der Waals surface area contributed by atoms with Gasteiger partial charge in [0.05, 0.1) is 39.1 Å². The van der Waals surface area contributed by atoms with Crippen LogP contribution in [-0.2, 0) is 6.54 Å². The van der Waals surface area contributed by atoms with Gasteiger partial charge in [-0.05, 0) is 38.4 Å². The summed E-state index contributed by atoms with van der Waals surface area (Å²) >= 11 is 1.60. The fourth-order valence-corrected chi connectivity index (χ4v) is 4.23. The molecule has 0 atom stereocenters. The van der Waals surface area contributed by atoms with E-state index in [0.717, 1.165) is 28.9 Å². The molecule has 0 fully saturated rings. The van der Waals surface area contributed by atoms with E-state index in [1.54, 1.807) is 37.1 Å². The highest BCUT2D eigenvalue weighted by molar-refractivity contribution is 7.99. The highest BCUT2D eigenvalue weighted by Gasteiger charge is 2.19. The van der Waals surface area contributed by atoms with Gasteiger partial charge in [-0.3, -0.25) is 9.36 Å². The molecular weight excluding hydrogens is 442 g/mol. The van der Waals surface area contributed by atoms with Crippen LogP contribution < -0.4 is 19.5 Å². The Morgan fingerprint density at radius 2 is 1.85 bits per heavy atom. The Morgan fingerprint density at radius 3 is 2.55 bits per heavy atom. The first-order valence-electron chi connectivity index (χ1n) is 10.3. The van der Waals surface area contributed by atoms with Crippen molar-refractivity contribution in [2.24, 2.45) is 0 Å². The molecule has 1 N–H and O–H groups in total. The van der Waals surface area contributed by atoms with Gasteiger partial charge in [-0.2, -0.15) is 0 Å². The molecule has 10 heteroatoms. The van der Waals surface area contributed by atoms with E-state index in [9.17, 15) is 4.79 Å². The summed E-state index contributed by atoms with van der Waals surface area (Å²) in [6.45, 7) is 1.08. The number of methoxy groups -OCH3 is 3. The summed E-state index contributed by atoms with van der Waals surface area (Å²) in [6, 6.07) is 12.8. The van der Waals surface area contributed by atoms with E-state index in [1.807, 2.05) is 42.9 Å². The summed E-state index contributed by atoms with van der Waals surface area (Å²) < 4.78 is 18.0. The summed E-state index contributed by atoms with van der Waals surface area (Å²) in [4.78, 5) is 15.0. The average molecular weight is 472 g/mol. The molecule has 3 aromatic rings. The second-order valence-corrected chi connectivity index (χ2v) is 8.37. The number of amides is 1. The first kappa shape index (κ1) is 24.4. The lowest BCUT2D eigenvalue weighted by Crippen LogP contribution is -2.25. The molecule has 3 rings (SSSR count). The third-order valence-electron chi connectivity index (χ3n) is 4.84. The van der Waals surface area contributed by atoms with Crippen LogP contribution in [-0.4, -0.2) is 73.3 Å². The lowest BCUT2D eigenvalue weighted by molar-refractivity contribution is 0.0946. The second-order valence-electron chi connectivity index (χ2n) is 7.31. The Kier molecular flexibility index (Phi) is 8.56. The quantitative estimate of drug-likeness (QED) is 0.427. The van der Waals surface area contributed by atoms with E-state index in [1.165, 1.54) is 14.2 Å². The third-order valence-corrected chi connectivity index (χ3v) is 5.75. The van der Waals surface area contributed by atoms with Gasteiger partial charge in [0.25, 0.3) is 5.91 Å². The fourth-order valence-electron chi connectivity index (χ4n) is 3.16. The molecule has 176 valence electrons. The largest absolute Gasteiger partial charge is 0.497 e. The molecule has 2 aromatic carbocycles. The third kappa shape index (κ3) is 5.96. The lowest BCUT2D eigenvalue weighted by atomic mass is 10.1. The van der Waals surface area contributed by atoms with Gasteiger partial charge in [-0.15, -0.1) is 10.2 Å². The standard InChI is InChI=1S/C23H29N5O4S/c1-27(2)12-13-33-23-26-25-20(28(23)16-8-6-9-17(14-16)30-3)15-24-22(29)18-10-7-11-19(31-4)21(18)32-5/h6-11,14H,12-13,15H2,1-5H3,(H,24,29). The zero-order chi connectivity index (χ0) is 23.8. The zero-order valence-corrected chi connectivity index (χ0v) is 20.3. The summed E-state index contributed by atoms with van der Waals surface area (Å²) in [5.41, 5.74) is 1.24. The minimum atomic E-state index is -0.298.